The molecule has 26 heavy (non-hydrogen) atoms. The van der Waals surface area contributed by atoms with Crippen LogP contribution in [0.5, 0.6) is 11.5 Å². The predicted molar refractivity (Wildman–Crippen MR) is 88.8 cm³/mol. The first-order valence-corrected chi connectivity index (χ1v) is 8.67. The van der Waals surface area contributed by atoms with Crippen LogP contribution in [-0.2, 0) is 24.5 Å². The van der Waals surface area contributed by atoms with Crippen molar-refractivity contribution in [3.8, 4) is 11.5 Å². The average molecular weight is 357 g/mol. The SMILES string of the molecule is COC1C=C[C@@]23C(=O)CN(C(OC(C)=O)c4cc5c(cc42)OCO5)[C@@H]3C1. The molecule has 0 saturated carbocycles. The van der Waals surface area contributed by atoms with E-state index in [0.29, 0.717) is 17.9 Å². The number of nitrogens with zero attached hydrogens (tertiary/aromatic N) is 1. The Hall–Kier alpha value is -2.38. The van der Waals surface area contributed by atoms with Gasteiger partial charge in [0.1, 0.15) is 0 Å². The summed E-state index contributed by atoms with van der Waals surface area (Å²) in [5, 5.41) is 0. The number of hydrogen-bond donors (Lipinski definition) is 0. The number of ketones is 1. The number of methoxy groups -OCH3 is 1. The lowest BCUT2D eigenvalue weighted by Gasteiger charge is -2.47. The molecule has 5 rings (SSSR count). The van der Waals surface area contributed by atoms with Gasteiger partial charge in [-0.25, -0.2) is 0 Å². The monoisotopic (exact) mass is 357 g/mol. The largest absolute Gasteiger partial charge is 0.454 e. The summed E-state index contributed by atoms with van der Waals surface area (Å²) in [6.07, 6.45) is 3.88. The Morgan fingerprint density at radius 3 is 2.81 bits per heavy atom. The summed E-state index contributed by atoms with van der Waals surface area (Å²) in [7, 11) is 1.66. The molecule has 0 spiro atoms. The summed E-state index contributed by atoms with van der Waals surface area (Å²) in [5.74, 6) is 0.940. The van der Waals surface area contributed by atoms with E-state index in [1.54, 1.807) is 7.11 Å². The first-order valence-electron chi connectivity index (χ1n) is 8.67. The molecule has 1 aromatic rings. The highest BCUT2D eigenvalue weighted by atomic mass is 16.7. The van der Waals surface area contributed by atoms with E-state index >= 15 is 0 Å². The van der Waals surface area contributed by atoms with Gasteiger partial charge in [0.2, 0.25) is 6.79 Å². The van der Waals surface area contributed by atoms with Gasteiger partial charge in [0.05, 0.1) is 18.1 Å². The molecule has 3 aliphatic heterocycles. The summed E-state index contributed by atoms with van der Waals surface area (Å²) in [5.41, 5.74) is 0.858. The number of Topliss-reactive ketones (excluding diaryl/α,β-unsaturated/α-hetero) is 1. The molecule has 4 aliphatic rings. The summed E-state index contributed by atoms with van der Waals surface area (Å²) in [6, 6.07) is 3.59. The van der Waals surface area contributed by atoms with Crippen molar-refractivity contribution in [1.82, 2.24) is 4.90 Å². The van der Waals surface area contributed by atoms with E-state index in [1.165, 1.54) is 6.92 Å². The van der Waals surface area contributed by atoms with Crippen molar-refractivity contribution in [3.63, 3.8) is 0 Å². The fourth-order valence-corrected chi connectivity index (χ4v) is 4.77. The van der Waals surface area contributed by atoms with E-state index in [2.05, 4.69) is 0 Å². The Balaban J connectivity index is 1.75. The molecule has 1 fully saturated rings. The Morgan fingerprint density at radius 2 is 2.08 bits per heavy atom. The molecule has 5 atom stereocenters. The van der Waals surface area contributed by atoms with Gasteiger partial charge in [-0.3, -0.25) is 14.5 Å². The second-order valence-electron chi connectivity index (χ2n) is 7.10. The molecule has 0 N–H and O–H groups in total. The summed E-state index contributed by atoms with van der Waals surface area (Å²) < 4.78 is 22.2. The van der Waals surface area contributed by atoms with E-state index in [9.17, 15) is 9.59 Å². The quantitative estimate of drug-likeness (QED) is 0.586. The van der Waals surface area contributed by atoms with Crippen molar-refractivity contribution < 1.29 is 28.5 Å². The standard InChI is InChI=1S/C19H19NO6/c1-10(21)26-18-12-6-14-15(25-9-24-14)7-13(12)19-4-3-11(23-2)5-16(19)20(18)8-17(19)22/h3-4,6-7,11,16,18H,5,8-9H2,1-2H3/t11?,16-,18?,19-/m1/s1. The second kappa shape index (κ2) is 5.31. The summed E-state index contributed by atoms with van der Waals surface area (Å²) >= 11 is 0. The molecule has 0 amide bonds. The van der Waals surface area contributed by atoms with Crippen molar-refractivity contribution in [2.24, 2.45) is 0 Å². The normalized spacial score (nSPS) is 35.8. The number of ether oxygens (including phenoxy) is 4. The average Bonchev–Trinajstić information content (AvgIpc) is 3.18. The van der Waals surface area contributed by atoms with Crippen LogP contribution in [0.2, 0.25) is 0 Å². The van der Waals surface area contributed by atoms with Gasteiger partial charge in [-0.15, -0.1) is 0 Å². The smallest absolute Gasteiger partial charge is 0.304 e. The first kappa shape index (κ1) is 15.8. The second-order valence-corrected chi connectivity index (χ2v) is 7.10. The van der Waals surface area contributed by atoms with Gasteiger partial charge in [0, 0.05) is 25.6 Å². The minimum absolute atomic E-state index is 0.0740. The van der Waals surface area contributed by atoms with Gasteiger partial charge in [0.15, 0.2) is 23.5 Å². The lowest BCUT2D eigenvalue weighted by atomic mass is 9.65. The third-order valence-corrected chi connectivity index (χ3v) is 5.88. The summed E-state index contributed by atoms with van der Waals surface area (Å²) in [4.78, 5) is 26.9. The highest BCUT2D eigenvalue weighted by Crippen LogP contribution is 2.55. The molecule has 0 aromatic heterocycles. The number of carbonyl (C=O) groups is 2. The van der Waals surface area contributed by atoms with E-state index in [0.717, 1.165) is 11.1 Å². The maximum atomic E-state index is 13.2. The Morgan fingerprint density at radius 1 is 1.31 bits per heavy atom. The summed E-state index contributed by atoms with van der Waals surface area (Å²) in [6.45, 7) is 1.75. The molecule has 7 heteroatoms. The lowest BCUT2D eigenvalue weighted by molar-refractivity contribution is -0.161. The molecule has 1 saturated heterocycles. The van der Waals surface area contributed by atoms with E-state index in [4.69, 9.17) is 18.9 Å². The molecule has 2 bridgehead atoms. The number of hydrogen-bond acceptors (Lipinski definition) is 7. The zero-order chi connectivity index (χ0) is 18.1. The van der Waals surface area contributed by atoms with Crippen LogP contribution in [-0.4, -0.2) is 49.2 Å². The first-order chi connectivity index (χ1) is 12.5. The highest BCUT2D eigenvalue weighted by molar-refractivity contribution is 5.99. The maximum Gasteiger partial charge on any atom is 0.304 e. The fourth-order valence-electron chi connectivity index (χ4n) is 4.77. The zero-order valence-electron chi connectivity index (χ0n) is 14.6. The molecular formula is C19H19NO6. The van der Waals surface area contributed by atoms with Crippen LogP contribution in [0.4, 0.5) is 0 Å². The zero-order valence-corrected chi connectivity index (χ0v) is 14.6. The van der Waals surface area contributed by atoms with Crippen molar-refractivity contribution in [2.45, 2.75) is 37.1 Å². The number of benzene rings is 1. The van der Waals surface area contributed by atoms with Gasteiger partial charge >= 0.3 is 5.97 Å². The van der Waals surface area contributed by atoms with Crippen molar-refractivity contribution >= 4 is 11.8 Å². The van der Waals surface area contributed by atoms with Crippen molar-refractivity contribution in [2.75, 3.05) is 20.4 Å². The van der Waals surface area contributed by atoms with Gasteiger partial charge in [-0.2, -0.15) is 0 Å². The molecular weight excluding hydrogens is 338 g/mol. The van der Waals surface area contributed by atoms with E-state index in [1.807, 2.05) is 29.2 Å². The third kappa shape index (κ3) is 1.90. The van der Waals surface area contributed by atoms with Gasteiger partial charge in [-0.1, -0.05) is 12.2 Å². The van der Waals surface area contributed by atoms with E-state index < -0.39 is 11.6 Å². The van der Waals surface area contributed by atoms with Crippen LogP contribution in [0.15, 0.2) is 24.3 Å². The molecule has 3 unspecified atom stereocenters. The number of rotatable bonds is 2. The molecule has 0 radical (unpaired) electrons. The number of fused-ring (bicyclic) bond motifs is 2. The van der Waals surface area contributed by atoms with Crippen LogP contribution >= 0.6 is 0 Å². The third-order valence-electron chi connectivity index (χ3n) is 5.88. The highest BCUT2D eigenvalue weighted by Gasteiger charge is 2.62. The van der Waals surface area contributed by atoms with Crippen LogP contribution in [0.3, 0.4) is 0 Å². The van der Waals surface area contributed by atoms with Crippen molar-refractivity contribution in [3.05, 3.63) is 35.4 Å². The van der Waals surface area contributed by atoms with Crippen molar-refractivity contribution in [1.29, 1.82) is 0 Å². The van der Waals surface area contributed by atoms with Crippen LogP contribution < -0.4 is 9.47 Å². The fraction of sp³-hybridized carbons (Fsp3) is 0.474. The molecule has 1 aliphatic carbocycles. The molecule has 136 valence electrons. The molecule has 1 aromatic carbocycles. The van der Waals surface area contributed by atoms with Crippen LogP contribution in [0.25, 0.3) is 0 Å². The van der Waals surface area contributed by atoms with Crippen LogP contribution in [0, 0.1) is 0 Å². The minimum atomic E-state index is -0.762. The Bertz CT molecular complexity index is 849. The van der Waals surface area contributed by atoms with Gasteiger partial charge in [-0.05, 0) is 24.1 Å². The van der Waals surface area contributed by atoms with E-state index in [-0.39, 0.29) is 37.2 Å². The van der Waals surface area contributed by atoms with Gasteiger partial charge < -0.3 is 18.9 Å². The number of esters is 1. The molecule has 7 nitrogen and oxygen atoms in total. The Kier molecular flexibility index (Phi) is 3.24. The lowest BCUT2D eigenvalue weighted by Crippen LogP contribution is -2.53. The van der Waals surface area contributed by atoms with Gasteiger partial charge in [0.25, 0.3) is 0 Å². The number of carbonyl (C=O) groups excluding carboxylic acids is 2. The predicted octanol–water partition coefficient (Wildman–Crippen LogP) is 1.46. The Labute approximate surface area is 150 Å². The minimum Gasteiger partial charge on any atom is -0.454 e. The van der Waals surface area contributed by atoms with Crippen LogP contribution in [0.1, 0.15) is 30.7 Å². The topological polar surface area (TPSA) is 74.3 Å². The maximum absolute atomic E-state index is 13.2. The molecule has 3 heterocycles.